The second kappa shape index (κ2) is 2.49. The van der Waals surface area contributed by atoms with Gasteiger partial charge < -0.3 is 15.6 Å². The van der Waals surface area contributed by atoms with Crippen LogP contribution in [0.25, 0.3) is 0 Å². The second-order valence-corrected chi connectivity index (χ2v) is 2.56. The number of para-hydroxylation sites is 2. The number of hydrogen-bond acceptors (Lipinski definition) is 3. The number of carbonyl (C=O) groups is 1. The standard InChI is InChI=1S/C8H7N2O2/c11-8-5-9-6-3-1-2-4-7(6)10(8)12/h1-4,9H,5H2/q-1. The number of fused-ring (bicyclic) bond motifs is 1. The number of rotatable bonds is 0. The fraction of sp³-hybridized carbons (Fsp3) is 0.125. The van der Waals surface area contributed by atoms with Crippen molar-refractivity contribution < 1.29 is 4.79 Å². The Labute approximate surface area is 69.4 Å². The van der Waals surface area contributed by atoms with E-state index in [9.17, 15) is 10.0 Å². The van der Waals surface area contributed by atoms with Crippen molar-refractivity contribution in [3.05, 3.63) is 29.5 Å². The largest absolute Gasteiger partial charge is 0.752 e. The molecule has 0 fully saturated rings. The van der Waals surface area contributed by atoms with E-state index in [1.165, 1.54) is 0 Å². The molecule has 0 spiro atoms. The van der Waals surface area contributed by atoms with Crippen molar-refractivity contribution in [1.29, 1.82) is 0 Å². The minimum Gasteiger partial charge on any atom is -0.752 e. The molecule has 0 bridgehead atoms. The molecule has 1 aliphatic rings. The molecule has 12 heavy (non-hydrogen) atoms. The predicted octanol–water partition coefficient (Wildman–Crippen LogP) is 0.943. The summed E-state index contributed by atoms with van der Waals surface area (Å²) in [6, 6.07) is 6.93. The molecule has 0 aliphatic carbocycles. The third kappa shape index (κ3) is 0.931. The minimum absolute atomic E-state index is 0.0838. The zero-order valence-electron chi connectivity index (χ0n) is 6.28. The Morgan fingerprint density at radius 3 is 3.00 bits per heavy atom. The van der Waals surface area contributed by atoms with Crippen LogP contribution in [0.1, 0.15) is 0 Å². The SMILES string of the molecule is O=C1CNc2ccccc2N1[O-]. The third-order valence-corrected chi connectivity index (χ3v) is 1.78. The topological polar surface area (TPSA) is 55.4 Å². The number of carbonyl (C=O) groups excluding carboxylic acids is 1. The van der Waals surface area contributed by atoms with Crippen LogP contribution in [0.4, 0.5) is 11.4 Å². The van der Waals surface area contributed by atoms with Gasteiger partial charge in [-0.1, -0.05) is 12.1 Å². The Hall–Kier alpha value is -1.55. The molecule has 1 aromatic rings. The van der Waals surface area contributed by atoms with Crippen LogP contribution in [-0.2, 0) is 4.79 Å². The zero-order chi connectivity index (χ0) is 8.55. The van der Waals surface area contributed by atoms with Crippen molar-refractivity contribution in [2.24, 2.45) is 0 Å². The van der Waals surface area contributed by atoms with E-state index < -0.39 is 5.91 Å². The van der Waals surface area contributed by atoms with Crippen molar-refractivity contribution in [3.63, 3.8) is 0 Å². The number of nitrogens with zero attached hydrogens (tertiary/aromatic N) is 1. The molecule has 2 rings (SSSR count). The van der Waals surface area contributed by atoms with E-state index in [1.54, 1.807) is 18.2 Å². The molecule has 62 valence electrons. The monoisotopic (exact) mass is 163 g/mol. The highest BCUT2D eigenvalue weighted by atomic mass is 16.5. The van der Waals surface area contributed by atoms with E-state index in [0.717, 1.165) is 0 Å². The summed E-state index contributed by atoms with van der Waals surface area (Å²) < 4.78 is 0. The molecule has 1 N–H and O–H groups in total. The lowest BCUT2D eigenvalue weighted by Crippen LogP contribution is -2.35. The number of amides is 1. The fourth-order valence-corrected chi connectivity index (χ4v) is 1.18. The van der Waals surface area contributed by atoms with E-state index in [-0.39, 0.29) is 6.54 Å². The van der Waals surface area contributed by atoms with Crippen LogP contribution in [0, 0.1) is 5.21 Å². The molecular formula is C8H7N2O2-. The van der Waals surface area contributed by atoms with Gasteiger partial charge in [0.15, 0.2) is 0 Å². The molecule has 4 heteroatoms. The van der Waals surface area contributed by atoms with Crippen LogP contribution >= 0.6 is 0 Å². The summed E-state index contributed by atoms with van der Waals surface area (Å²) in [5.41, 5.74) is 1.11. The average molecular weight is 163 g/mol. The quantitative estimate of drug-likeness (QED) is 0.619. The summed E-state index contributed by atoms with van der Waals surface area (Å²) in [5.74, 6) is -0.450. The summed E-state index contributed by atoms with van der Waals surface area (Å²) in [6.45, 7) is 0.0838. The number of anilines is 2. The molecule has 0 atom stereocenters. The van der Waals surface area contributed by atoms with Gasteiger partial charge in [-0.25, -0.2) is 0 Å². The highest BCUT2D eigenvalue weighted by Crippen LogP contribution is 2.27. The van der Waals surface area contributed by atoms with Gasteiger partial charge in [0, 0.05) is 0 Å². The smallest absolute Gasteiger partial charge is 0.235 e. The van der Waals surface area contributed by atoms with Gasteiger partial charge in [0.05, 0.1) is 17.9 Å². The van der Waals surface area contributed by atoms with Crippen molar-refractivity contribution in [3.8, 4) is 0 Å². The Bertz CT molecular complexity index is 325. The molecule has 1 aliphatic heterocycles. The second-order valence-electron chi connectivity index (χ2n) is 2.56. The maximum atomic E-state index is 11.1. The first-order valence-corrected chi connectivity index (χ1v) is 3.62. The van der Waals surface area contributed by atoms with E-state index in [4.69, 9.17) is 0 Å². The first-order valence-electron chi connectivity index (χ1n) is 3.62. The van der Waals surface area contributed by atoms with Crippen LogP contribution in [0.15, 0.2) is 24.3 Å². The minimum atomic E-state index is -0.450. The average Bonchev–Trinajstić information content (AvgIpc) is 2.12. The predicted molar refractivity (Wildman–Crippen MR) is 45.8 cm³/mol. The van der Waals surface area contributed by atoms with E-state index in [0.29, 0.717) is 16.4 Å². The highest BCUT2D eigenvalue weighted by molar-refractivity contribution is 6.03. The summed E-state index contributed by atoms with van der Waals surface area (Å²) in [6.07, 6.45) is 0. The molecule has 1 heterocycles. The Kier molecular flexibility index (Phi) is 1.48. The Morgan fingerprint density at radius 2 is 2.17 bits per heavy atom. The molecule has 4 nitrogen and oxygen atoms in total. The van der Waals surface area contributed by atoms with Gasteiger partial charge in [-0.05, 0) is 12.1 Å². The van der Waals surface area contributed by atoms with Crippen LogP contribution < -0.4 is 10.4 Å². The Balaban J connectivity index is 2.48. The number of nitrogens with one attached hydrogen (secondary N) is 1. The van der Waals surface area contributed by atoms with Gasteiger partial charge in [-0.15, -0.1) is 0 Å². The molecule has 0 aromatic heterocycles. The Morgan fingerprint density at radius 1 is 1.42 bits per heavy atom. The fourth-order valence-electron chi connectivity index (χ4n) is 1.18. The molecule has 1 aromatic carbocycles. The molecule has 0 saturated heterocycles. The van der Waals surface area contributed by atoms with Crippen molar-refractivity contribution >= 4 is 17.3 Å². The molecule has 1 amide bonds. The molecular weight excluding hydrogens is 156 g/mol. The first-order chi connectivity index (χ1) is 5.79. The lowest BCUT2D eigenvalue weighted by Gasteiger charge is -2.34. The van der Waals surface area contributed by atoms with Gasteiger partial charge in [-0.3, -0.25) is 4.79 Å². The van der Waals surface area contributed by atoms with Gasteiger partial charge in [0.2, 0.25) is 5.91 Å². The van der Waals surface area contributed by atoms with Crippen LogP contribution in [0.2, 0.25) is 0 Å². The van der Waals surface area contributed by atoms with Gasteiger partial charge in [-0.2, -0.15) is 0 Å². The summed E-state index contributed by atoms with van der Waals surface area (Å²) in [7, 11) is 0. The number of hydrogen-bond donors (Lipinski definition) is 1. The van der Waals surface area contributed by atoms with Gasteiger partial charge in [0.1, 0.15) is 0 Å². The van der Waals surface area contributed by atoms with Crippen molar-refractivity contribution in [2.45, 2.75) is 0 Å². The van der Waals surface area contributed by atoms with E-state index in [2.05, 4.69) is 5.32 Å². The maximum Gasteiger partial charge on any atom is 0.235 e. The maximum absolute atomic E-state index is 11.1. The van der Waals surface area contributed by atoms with Crippen LogP contribution in [0.3, 0.4) is 0 Å². The lowest BCUT2D eigenvalue weighted by molar-refractivity contribution is -0.116. The van der Waals surface area contributed by atoms with Crippen molar-refractivity contribution in [1.82, 2.24) is 0 Å². The summed E-state index contributed by atoms with van der Waals surface area (Å²) in [5, 5.41) is 14.4. The lowest BCUT2D eigenvalue weighted by atomic mass is 10.2. The molecule has 0 saturated carbocycles. The van der Waals surface area contributed by atoms with Crippen LogP contribution in [0.5, 0.6) is 0 Å². The van der Waals surface area contributed by atoms with Gasteiger partial charge >= 0.3 is 0 Å². The zero-order valence-corrected chi connectivity index (χ0v) is 6.28. The first kappa shape index (κ1) is 7.12. The van der Waals surface area contributed by atoms with Crippen LogP contribution in [-0.4, -0.2) is 12.5 Å². The summed E-state index contributed by atoms with van der Waals surface area (Å²) >= 11 is 0. The third-order valence-electron chi connectivity index (χ3n) is 1.78. The van der Waals surface area contributed by atoms with Gasteiger partial charge in [0.25, 0.3) is 0 Å². The van der Waals surface area contributed by atoms with E-state index >= 15 is 0 Å². The van der Waals surface area contributed by atoms with Crippen molar-refractivity contribution in [2.75, 3.05) is 16.9 Å². The summed E-state index contributed by atoms with van der Waals surface area (Å²) in [4.78, 5) is 10.9. The molecule has 0 radical (unpaired) electrons. The number of hydroxylamine groups is 1. The van der Waals surface area contributed by atoms with E-state index in [1.807, 2.05) is 6.07 Å². The molecule has 0 unspecified atom stereocenters. The number of benzene rings is 1. The normalized spacial score (nSPS) is 15.4. The highest BCUT2D eigenvalue weighted by Gasteiger charge is 2.15.